The average molecular weight is 435 g/mol. The van der Waals surface area contributed by atoms with E-state index >= 15 is 0 Å². The number of thiophene rings is 1. The minimum absolute atomic E-state index is 0.0363. The number of hydrogen-bond acceptors (Lipinski definition) is 4. The third-order valence-corrected chi connectivity index (χ3v) is 7.17. The number of aliphatic hydroxyl groups excluding tert-OH is 1. The Bertz CT molecular complexity index is 512. The zero-order valence-corrected chi connectivity index (χ0v) is 15.5. The van der Waals surface area contributed by atoms with Crippen LogP contribution in [0.1, 0.15) is 26.7 Å². The molecule has 8 heteroatoms. The van der Waals surface area contributed by atoms with Crippen LogP contribution in [0.15, 0.2) is 18.5 Å². The minimum Gasteiger partial charge on any atom is -0.391 e. The second-order valence-electron chi connectivity index (χ2n) is 4.18. The molecular weight excluding hydrogens is 418 g/mol. The number of rotatable bonds is 7. The lowest BCUT2D eigenvalue weighted by Crippen LogP contribution is -2.36. The van der Waals surface area contributed by atoms with Crippen molar-refractivity contribution < 1.29 is 13.5 Å². The Morgan fingerprint density at radius 3 is 2.37 bits per heavy atom. The van der Waals surface area contributed by atoms with E-state index in [9.17, 15) is 13.5 Å². The molecule has 0 saturated carbocycles. The van der Waals surface area contributed by atoms with E-state index in [1.54, 1.807) is 6.07 Å². The first-order chi connectivity index (χ1) is 8.81. The molecular formula is C11H17Br2NO3S2. The Balaban J connectivity index is 2.74. The van der Waals surface area contributed by atoms with Gasteiger partial charge in [-0.1, -0.05) is 26.7 Å². The highest BCUT2D eigenvalue weighted by Crippen LogP contribution is 2.34. The van der Waals surface area contributed by atoms with Crippen molar-refractivity contribution in [1.82, 2.24) is 4.72 Å². The van der Waals surface area contributed by atoms with Crippen molar-refractivity contribution in [3.63, 3.8) is 0 Å². The van der Waals surface area contributed by atoms with Crippen LogP contribution in [-0.4, -0.2) is 26.2 Å². The highest BCUT2D eigenvalue weighted by Gasteiger charge is 2.23. The fourth-order valence-electron chi connectivity index (χ4n) is 1.78. The molecule has 1 rings (SSSR count). The van der Waals surface area contributed by atoms with Crippen LogP contribution in [0.5, 0.6) is 0 Å². The number of nitrogens with one attached hydrogen (secondary N) is 1. The van der Waals surface area contributed by atoms with Crippen LogP contribution in [0.25, 0.3) is 0 Å². The van der Waals surface area contributed by atoms with Gasteiger partial charge in [0, 0.05) is 6.54 Å². The smallest absolute Gasteiger partial charge is 0.242 e. The minimum atomic E-state index is -3.59. The van der Waals surface area contributed by atoms with Gasteiger partial charge in [0.05, 0.1) is 13.7 Å². The number of aliphatic hydroxyl groups is 1. The summed E-state index contributed by atoms with van der Waals surface area (Å²) >= 11 is 7.77. The molecule has 0 aromatic carbocycles. The Morgan fingerprint density at radius 2 is 1.95 bits per heavy atom. The van der Waals surface area contributed by atoms with Gasteiger partial charge in [0.2, 0.25) is 10.0 Å². The van der Waals surface area contributed by atoms with Crippen LogP contribution in [0.4, 0.5) is 0 Å². The molecule has 1 aromatic heterocycles. The van der Waals surface area contributed by atoms with Crippen molar-refractivity contribution in [2.75, 3.05) is 6.54 Å². The number of hydrogen-bond donors (Lipinski definition) is 2. The van der Waals surface area contributed by atoms with Crippen LogP contribution < -0.4 is 4.72 Å². The lowest BCUT2D eigenvalue weighted by molar-refractivity contribution is 0.107. The summed E-state index contributed by atoms with van der Waals surface area (Å²) in [5, 5.41) is 9.95. The maximum Gasteiger partial charge on any atom is 0.242 e. The van der Waals surface area contributed by atoms with Gasteiger partial charge in [0.15, 0.2) is 0 Å². The van der Waals surface area contributed by atoms with Crippen molar-refractivity contribution in [2.24, 2.45) is 5.92 Å². The number of sulfonamides is 1. The maximum absolute atomic E-state index is 12.1. The molecule has 2 N–H and O–H groups in total. The van der Waals surface area contributed by atoms with Crippen molar-refractivity contribution >= 4 is 53.2 Å². The largest absolute Gasteiger partial charge is 0.391 e. The predicted octanol–water partition coefficient (Wildman–Crippen LogP) is 3.35. The number of halogens is 2. The van der Waals surface area contributed by atoms with Gasteiger partial charge in [-0.2, -0.15) is 0 Å². The van der Waals surface area contributed by atoms with E-state index < -0.39 is 16.1 Å². The molecule has 0 amide bonds. The lowest BCUT2D eigenvalue weighted by atomic mass is 9.97. The second-order valence-corrected chi connectivity index (χ2v) is 9.67. The summed E-state index contributed by atoms with van der Waals surface area (Å²) in [6.07, 6.45) is 0.991. The summed E-state index contributed by atoms with van der Waals surface area (Å²) in [7, 11) is -3.59. The quantitative estimate of drug-likeness (QED) is 0.691. The summed E-state index contributed by atoms with van der Waals surface area (Å²) in [5.41, 5.74) is 0. The first-order valence-corrected chi connectivity index (χ1v) is 9.82. The van der Waals surface area contributed by atoms with Crippen LogP contribution in [0.2, 0.25) is 0 Å². The molecule has 110 valence electrons. The lowest BCUT2D eigenvalue weighted by Gasteiger charge is -2.20. The topological polar surface area (TPSA) is 66.4 Å². The summed E-state index contributed by atoms with van der Waals surface area (Å²) in [5.74, 6) is 0.111. The van der Waals surface area contributed by atoms with E-state index in [0.29, 0.717) is 3.79 Å². The third-order valence-electron chi connectivity index (χ3n) is 2.99. The van der Waals surface area contributed by atoms with Crippen molar-refractivity contribution in [2.45, 2.75) is 37.7 Å². The van der Waals surface area contributed by atoms with Crippen molar-refractivity contribution in [1.29, 1.82) is 0 Å². The van der Waals surface area contributed by atoms with E-state index in [1.807, 2.05) is 13.8 Å². The van der Waals surface area contributed by atoms with Crippen LogP contribution in [-0.2, 0) is 10.0 Å². The van der Waals surface area contributed by atoms with Gasteiger partial charge in [-0.05, 0) is 43.8 Å². The Morgan fingerprint density at radius 1 is 1.37 bits per heavy atom. The van der Waals surface area contributed by atoms with Gasteiger partial charge in [-0.3, -0.25) is 0 Å². The SMILES string of the molecule is CCC(CC)C(O)CNS(=O)(=O)c1cc(Br)sc1Br. The van der Waals surface area contributed by atoms with Crippen LogP contribution in [0, 0.1) is 5.92 Å². The van der Waals surface area contributed by atoms with Gasteiger partial charge in [0.1, 0.15) is 4.90 Å². The monoisotopic (exact) mass is 433 g/mol. The molecule has 0 bridgehead atoms. The zero-order chi connectivity index (χ0) is 14.6. The molecule has 0 aliphatic rings. The van der Waals surface area contributed by atoms with Gasteiger partial charge < -0.3 is 5.11 Å². The van der Waals surface area contributed by atoms with Gasteiger partial charge in [-0.25, -0.2) is 13.1 Å². The van der Waals surface area contributed by atoms with Crippen molar-refractivity contribution in [3.05, 3.63) is 13.6 Å². The first kappa shape index (κ1) is 17.6. The Labute approximate surface area is 134 Å². The molecule has 0 radical (unpaired) electrons. The summed E-state index contributed by atoms with van der Waals surface area (Å²) in [6, 6.07) is 1.54. The molecule has 1 atom stereocenters. The van der Waals surface area contributed by atoms with Crippen LogP contribution in [0.3, 0.4) is 0 Å². The van der Waals surface area contributed by atoms with E-state index in [4.69, 9.17) is 0 Å². The molecule has 19 heavy (non-hydrogen) atoms. The van der Waals surface area contributed by atoms with Gasteiger partial charge in [-0.15, -0.1) is 11.3 Å². The molecule has 0 aliphatic carbocycles. The van der Waals surface area contributed by atoms with E-state index in [0.717, 1.165) is 16.6 Å². The highest BCUT2D eigenvalue weighted by molar-refractivity contribution is 9.12. The summed E-state index contributed by atoms with van der Waals surface area (Å²) in [6.45, 7) is 4.01. The molecule has 0 spiro atoms. The highest BCUT2D eigenvalue weighted by atomic mass is 79.9. The third kappa shape index (κ3) is 4.78. The fourth-order valence-corrected chi connectivity index (χ4v) is 6.64. The molecule has 0 fully saturated rings. The Hall–Kier alpha value is 0.530. The maximum atomic E-state index is 12.1. The Kier molecular flexibility index (Phi) is 6.95. The standard InChI is InChI=1S/C11H17Br2NO3S2/c1-3-7(4-2)8(15)6-14-19(16,17)9-5-10(12)18-11(9)13/h5,7-8,14-15H,3-4,6H2,1-2H3. The second kappa shape index (κ2) is 7.51. The van der Waals surface area contributed by atoms with E-state index in [-0.39, 0.29) is 17.4 Å². The fraction of sp³-hybridized carbons (Fsp3) is 0.636. The molecule has 4 nitrogen and oxygen atoms in total. The molecule has 1 heterocycles. The van der Waals surface area contributed by atoms with E-state index in [2.05, 4.69) is 36.6 Å². The molecule has 1 unspecified atom stereocenters. The predicted molar refractivity (Wildman–Crippen MR) is 85.0 cm³/mol. The summed E-state index contributed by atoms with van der Waals surface area (Å²) in [4.78, 5) is 0.195. The van der Waals surface area contributed by atoms with E-state index in [1.165, 1.54) is 11.3 Å². The first-order valence-electron chi connectivity index (χ1n) is 5.94. The zero-order valence-electron chi connectivity index (χ0n) is 10.7. The summed E-state index contributed by atoms with van der Waals surface area (Å²) < 4.78 is 27.9. The van der Waals surface area contributed by atoms with Gasteiger partial charge in [0.25, 0.3) is 0 Å². The average Bonchev–Trinajstić information content (AvgIpc) is 2.68. The van der Waals surface area contributed by atoms with Gasteiger partial charge >= 0.3 is 0 Å². The molecule has 0 saturated heterocycles. The molecule has 0 aliphatic heterocycles. The van der Waals surface area contributed by atoms with Crippen LogP contribution >= 0.6 is 43.2 Å². The van der Waals surface area contributed by atoms with Crippen molar-refractivity contribution in [3.8, 4) is 0 Å². The normalized spacial score (nSPS) is 14.0. The molecule has 1 aromatic rings.